The number of nitrogens with one attached hydrogen (secondary N) is 2. The van der Waals surface area contributed by atoms with Gasteiger partial charge in [0.25, 0.3) is 0 Å². The highest BCUT2D eigenvalue weighted by molar-refractivity contribution is 7.93. The van der Waals surface area contributed by atoms with Crippen molar-refractivity contribution in [3.8, 4) is 17.1 Å². The van der Waals surface area contributed by atoms with Crippen molar-refractivity contribution in [1.82, 2.24) is 20.2 Å². The second-order valence-electron chi connectivity index (χ2n) is 10.7. The number of aryl methyl sites for hydroxylation is 2. The molecule has 3 aliphatic rings. The number of hydrogen-bond acceptors (Lipinski definition) is 6. The topological polar surface area (TPSA) is 114 Å². The number of benzene rings is 1. The summed E-state index contributed by atoms with van der Waals surface area (Å²) in [5.41, 5.74) is 3.59. The van der Waals surface area contributed by atoms with Crippen LogP contribution in [-0.4, -0.2) is 60.3 Å². The predicted molar refractivity (Wildman–Crippen MR) is 143 cm³/mol. The molecule has 2 aromatic rings. The normalized spacial score (nSPS) is 24.5. The molecule has 200 valence electrons. The van der Waals surface area contributed by atoms with Crippen LogP contribution in [0.1, 0.15) is 62.5 Å². The first-order valence-corrected chi connectivity index (χ1v) is 15.0. The third-order valence-corrected chi connectivity index (χ3v) is 9.61. The summed E-state index contributed by atoms with van der Waals surface area (Å²) >= 11 is 0. The van der Waals surface area contributed by atoms with Gasteiger partial charge in [0.15, 0.2) is 0 Å². The minimum Gasteiger partial charge on any atom is -0.475 e. The summed E-state index contributed by atoms with van der Waals surface area (Å²) in [5, 5.41) is 2.43. The number of hydrogen-bond donors (Lipinski definition) is 2. The number of fused-ring (bicyclic) bond motifs is 4. The van der Waals surface area contributed by atoms with Crippen LogP contribution in [0, 0.1) is 19.8 Å². The van der Waals surface area contributed by atoms with E-state index < -0.39 is 15.3 Å². The van der Waals surface area contributed by atoms with E-state index in [-0.39, 0.29) is 37.1 Å². The molecule has 10 heteroatoms. The van der Waals surface area contributed by atoms with Gasteiger partial charge in [-0.05, 0) is 50.2 Å². The van der Waals surface area contributed by atoms with Crippen molar-refractivity contribution in [3.63, 3.8) is 0 Å². The summed E-state index contributed by atoms with van der Waals surface area (Å²) in [6.45, 7) is 4.94. The van der Waals surface area contributed by atoms with Crippen LogP contribution in [0.2, 0.25) is 0 Å². The number of rotatable bonds is 3. The molecule has 2 aliphatic heterocycles. The van der Waals surface area contributed by atoms with Gasteiger partial charge < -0.3 is 15.0 Å². The second kappa shape index (κ2) is 10.8. The lowest BCUT2D eigenvalue weighted by Crippen LogP contribution is -2.53. The zero-order valence-electron chi connectivity index (χ0n) is 21.7. The van der Waals surface area contributed by atoms with Crippen molar-refractivity contribution < 1.29 is 17.9 Å². The molecule has 5 rings (SSSR count). The molecule has 1 aromatic heterocycles. The molecule has 1 aliphatic carbocycles. The van der Waals surface area contributed by atoms with Crippen molar-refractivity contribution in [2.24, 2.45) is 5.92 Å². The van der Waals surface area contributed by atoms with Crippen LogP contribution in [0.3, 0.4) is 0 Å². The lowest BCUT2D eigenvalue weighted by Gasteiger charge is -2.34. The van der Waals surface area contributed by atoms with Gasteiger partial charge in [0.05, 0.1) is 17.0 Å². The first-order valence-electron chi connectivity index (χ1n) is 13.4. The van der Waals surface area contributed by atoms with Gasteiger partial charge >= 0.3 is 6.03 Å². The highest BCUT2D eigenvalue weighted by atomic mass is 32.2. The predicted octanol–water partition coefficient (Wildman–Crippen LogP) is 4.41. The van der Waals surface area contributed by atoms with E-state index in [2.05, 4.69) is 20.0 Å². The summed E-state index contributed by atoms with van der Waals surface area (Å²) < 4.78 is 35.5. The van der Waals surface area contributed by atoms with Crippen LogP contribution in [-0.2, 0) is 10.0 Å². The summed E-state index contributed by atoms with van der Waals surface area (Å²) in [5.74, 6) is 0.825. The molecule has 4 bridgehead atoms. The number of piperidine rings is 1. The van der Waals surface area contributed by atoms with Gasteiger partial charge in [0, 0.05) is 24.7 Å². The maximum atomic E-state index is 13.3. The fourth-order valence-corrected chi connectivity index (χ4v) is 7.29. The third kappa shape index (κ3) is 6.00. The molecule has 1 aromatic carbocycles. The van der Waals surface area contributed by atoms with Crippen LogP contribution in [0.15, 0.2) is 24.3 Å². The van der Waals surface area contributed by atoms with E-state index in [1.807, 2.05) is 32.0 Å². The highest BCUT2D eigenvalue weighted by Gasteiger charge is 2.35. The quantitative estimate of drug-likeness (QED) is 0.611. The number of aromatic nitrogens is 2. The molecule has 2 N–H and O–H groups in total. The third-order valence-electron chi connectivity index (χ3n) is 7.88. The molecule has 2 fully saturated rings. The minimum atomic E-state index is -3.82. The Morgan fingerprint density at radius 1 is 1.05 bits per heavy atom. The van der Waals surface area contributed by atoms with Crippen LogP contribution < -0.4 is 14.8 Å². The SMILES string of the molecule is Cc1cccc(C)c1-c1cc2nc(n1)NS(=O)(=O)C1CCCN(C1)C(=O)N[C@H](CC1CCCCC1)CO2. The number of nitrogens with zero attached hydrogens (tertiary/aromatic N) is 3. The Labute approximate surface area is 219 Å². The Balaban J connectivity index is 1.52. The minimum absolute atomic E-state index is 0.00496. The van der Waals surface area contributed by atoms with E-state index >= 15 is 0 Å². The Morgan fingerprint density at radius 3 is 2.57 bits per heavy atom. The van der Waals surface area contributed by atoms with Gasteiger partial charge in [-0.25, -0.2) is 18.2 Å². The summed E-state index contributed by atoms with van der Waals surface area (Å²) in [6.07, 6.45) is 7.97. The smallest absolute Gasteiger partial charge is 0.317 e. The maximum Gasteiger partial charge on any atom is 0.317 e. The van der Waals surface area contributed by atoms with Crippen molar-refractivity contribution in [1.29, 1.82) is 0 Å². The van der Waals surface area contributed by atoms with Crippen molar-refractivity contribution in [2.45, 2.75) is 76.5 Å². The Morgan fingerprint density at radius 2 is 1.81 bits per heavy atom. The molecule has 2 atom stereocenters. The fraction of sp³-hybridized carbons (Fsp3) is 0.593. The van der Waals surface area contributed by atoms with E-state index in [1.165, 1.54) is 19.3 Å². The van der Waals surface area contributed by atoms with E-state index in [0.29, 0.717) is 31.0 Å². The molecule has 3 heterocycles. The lowest BCUT2D eigenvalue weighted by molar-refractivity contribution is 0.167. The number of ether oxygens (including phenoxy) is 1. The summed E-state index contributed by atoms with van der Waals surface area (Å²) in [4.78, 5) is 23.9. The van der Waals surface area contributed by atoms with Crippen LogP contribution in [0.25, 0.3) is 11.3 Å². The number of anilines is 1. The number of sulfonamides is 1. The average molecular weight is 528 g/mol. The maximum absolute atomic E-state index is 13.3. The Bertz CT molecular complexity index is 1230. The van der Waals surface area contributed by atoms with Crippen LogP contribution in [0.4, 0.5) is 10.7 Å². The number of amides is 2. The van der Waals surface area contributed by atoms with Crippen molar-refractivity contribution >= 4 is 22.0 Å². The summed E-state index contributed by atoms with van der Waals surface area (Å²) in [6, 6.07) is 7.33. The van der Waals surface area contributed by atoms with Gasteiger partial charge in [0.2, 0.25) is 21.9 Å². The van der Waals surface area contributed by atoms with E-state index in [1.54, 1.807) is 11.0 Å². The highest BCUT2D eigenvalue weighted by Crippen LogP contribution is 2.31. The molecule has 1 saturated carbocycles. The molecule has 1 unspecified atom stereocenters. The second-order valence-corrected chi connectivity index (χ2v) is 12.7. The molecule has 0 spiro atoms. The standard InChI is InChI=1S/C27H37N5O4S/c1-18-8-6-9-19(2)25(18)23-15-24-30-26(29-23)31-37(34,35)22-12-7-13-32(16-22)27(33)28-21(17-36-24)14-20-10-4-3-5-11-20/h6,8-9,15,20-22H,3-5,7,10-14,16-17H2,1-2H3,(H,28,33)(H,29,30,31)/t21-,22?/m1/s1. The average Bonchev–Trinajstić information content (AvgIpc) is 2.87. The molecular weight excluding hydrogens is 490 g/mol. The molecule has 0 radical (unpaired) electrons. The Hall–Kier alpha value is -2.88. The number of carbonyl (C=O) groups excluding carboxylic acids is 1. The van der Waals surface area contributed by atoms with Gasteiger partial charge in [-0.15, -0.1) is 0 Å². The van der Waals surface area contributed by atoms with E-state index in [9.17, 15) is 13.2 Å². The largest absolute Gasteiger partial charge is 0.475 e. The van der Waals surface area contributed by atoms with Crippen molar-refractivity contribution in [3.05, 3.63) is 35.4 Å². The van der Waals surface area contributed by atoms with Crippen LogP contribution in [0.5, 0.6) is 5.88 Å². The molecule has 37 heavy (non-hydrogen) atoms. The lowest BCUT2D eigenvalue weighted by atomic mass is 9.85. The monoisotopic (exact) mass is 527 g/mol. The first kappa shape index (κ1) is 25.8. The molecule has 1 saturated heterocycles. The Kier molecular flexibility index (Phi) is 7.55. The zero-order chi connectivity index (χ0) is 26.0. The number of carbonyl (C=O) groups is 1. The number of urea groups is 1. The van der Waals surface area contributed by atoms with Gasteiger partial charge in [0.1, 0.15) is 6.61 Å². The molecular formula is C27H37N5O4S. The molecule has 2 amide bonds. The molecule has 9 nitrogen and oxygen atoms in total. The van der Waals surface area contributed by atoms with Crippen molar-refractivity contribution in [2.75, 3.05) is 24.4 Å². The first-order chi connectivity index (χ1) is 17.8. The fourth-order valence-electron chi connectivity index (χ4n) is 5.92. The van der Waals surface area contributed by atoms with Gasteiger partial charge in [-0.3, -0.25) is 4.72 Å². The van der Waals surface area contributed by atoms with E-state index in [4.69, 9.17) is 4.74 Å². The zero-order valence-corrected chi connectivity index (χ0v) is 22.5. The van der Waals surface area contributed by atoms with Gasteiger partial charge in [-0.1, -0.05) is 50.3 Å². The van der Waals surface area contributed by atoms with E-state index in [0.717, 1.165) is 36.0 Å². The van der Waals surface area contributed by atoms with Gasteiger partial charge in [-0.2, -0.15) is 4.98 Å². The van der Waals surface area contributed by atoms with Crippen LogP contribution >= 0.6 is 0 Å². The summed E-state index contributed by atoms with van der Waals surface area (Å²) in [7, 11) is -3.82.